The number of halogens is 1. The van der Waals surface area contributed by atoms with E-state index in [1.54, 1.807) is 0 Å². The third-order valence-electron chi connectivity index (χ3n) is 6.02. The molecule has 3 aromatic rings. The van der Waals surface area contributed by atoms with E-state index in [2.05, 4.69) is 50.2 Å². The number of benzene rings is 1. The molecule has 2 aliphatic rings. The molecule has 1 saturated heterocycles. The van der Waals surface area contributed by atoms with Crippen molar-refractivity contribution in [2.24, 2.45) is 0 Å². The topological polar surface area (TPSA) is 33.1 Å². The Morgan fingerprint density at radius 2 is 1.90 bits per heavy atom. The van der Waals surface area contributed by atoms with E-state index in [-0.39, 0.29) is 12.1 Å². The summed E-state index contributed by atoms with van der Waals surface area (Å²) >= 11 is 12.1. The van der Waals surface area contributed by atoms with E-state index in [4.69, 9.17) is 23.8 Å². The van der Waals surface area contributed by atoms with Crippen molar-refractivity contribution in [1.29, 1.82) is 0 Å². The van der Waals surface area contributed by atoms with Gasteiger partial charge in [-0.05, 0) is 67.5 Å². The predicted molar refractivity (Wildman–Crippen MR) is 120 cm³/mol. The molecule has 148 valence electrons. The van der Waals surface area contributed by atoms with Crippen LogP contribution in [0.1, 0.15) is 49.2 Å². The number of aromatic nitrogens is 2. The summed E-state index contributed by atoms with van der Waals surface area (Å²) in [6.45, 7) is 0. The summed E-state index contributed by atoms with van der Waals surface area (Å²) < 4.78 is 2.23. The highest BCUT2D eigenvalue weighted by Gasteiger charge is 2.44. The largest absolute Gasteiger partial charge is 0.352 e. The van der Waals surface area contributed by atoms with Crippen LogP contribution in [-0.4, -0.2) is 25.6 Å². The second kappa shape index (κ2) is 7.81. The number of hydrogen-bond acceptors (Lipinski definition) is 2. The summed E-state index contributed by atoms with van der Waals surface area (Å²) in [6.07, 6.45) is 8.85. The van der Waals surface area contributed by atoms with Crippen molar-refractivity contribution in [3.63, 3.8) is 0 Å². The van der Waals surface area contributed by atoms with Gasteiger partial charge in [-0.2, -0.15) is 0 Å². The van der Waals surface area contributed by atoms with E-state index in [1.807, 2.05) is 36.5 Å². The Balaban J connectivity index is 1.62. The maximum Gasteiger partial charge on any atom is 0.170 e. The van der Waals surface area contributed by atoms with Crippen LogP contribution in [0.3, 0.4) is 0 Å². The number of nitrogens with zero attached hydrogens (tertiary/aromatic N) is 3. The molecule has 0 bridgehead atoms. The van der Waals surface area contributed by atoms with E-state index in [9.17, 15) is 0 Å². The summed E-state index contributed by atoms with van der Waals surface area (Å²) in [7, 11) is 0. The van der Waals surface area contributed by atoms with Gasteiger partial charge in [0, 0.05) is 34.8 Å². The maximum atomic E-state index is 6.29. The van der Waals surface area contributed by atoms with Gasteiger partial charge in [0.05, 0.1) is 17.8 Å². The van der Waals surface area contributed by atoms with Gasteiger partial charge in [-0.25, -0.2) is 0 Å². The summed E-state index contributed by atoms with van der Waals surface area (Å²) in [5.74, 6) is 0. The van der Waals surface area contributed by atoms with Crippen LogP contribution < -0.4 is 5.32 Å². The molecule has 1 aromatic carbocycles. The van der Waals surface area contributed by atoms with Crippen molar-refractivity contribution in [3.05, 3.63) is 83.4 Å². The fourth-order valence-corrected chi connectivity index (χ4v) is 5.33. The zero-order chi connectivity index (χ0) is 19.8. The van der Waals surface area contributed by atoms with Crippen LogP contribution in [0.5, 0.6) is 0 Å². The third-order valence-corrected chi connectivity index (χ3v) is 6.59. The summed E-state index contributed by atoms with van der Waals surface area (Å²) in [6, 6.07) is 18.9. The molecule has 6 heteroatoms. The first-order chi connectivity index (χ1) is 14.2. The first-order valence-corrected chi connectivity index (χ1v) is 10.9. The zero-order valence-corrected chi connectivity index (χ0v) is 17.6. The Morgan fingerprint density at radius 3 is 2.66 bits per heavy atom. The van der Waals surface area contributed by atoms with Gasteiger partial charge in [0.25, 0.3) is 0 Å². The monoisotopic (exact) mass is 422 g/mol. The Morgan fingerprint density at radius 1 is 1.03 bits per heavy atom. The fraction of sp³-hybridized carbons (Fsp3) is 0.304. The number of pyridine rings is 1. The summed E-state index contributed by atoms with van der Waals surface area (Å²) in [5.41, 5.74) is 3.27. The summed E-state index contributed by atoms with van der Waals surface area (Å²) in [5, 5.41) is 5.14. The van der Waals surface area contributed by atoms with Gasteiger partial charge in [-0.1, -0.05) is 36.6 Å². The lowest BCUT2D eigenvalue weighted by Gasteiger charge is -2.33. The molecule has 5 rings (SSSR count). The quantitative estimate of drug-likeness (QED) is 0.567. The minimum absolute atomic E-state index is 0.0112. The average Bonchev–Trinajstić information content (AvgIpc) is 3.48. The molecule has 0 radical (unpaired) electrons. The standard InChI is InChI=1S/C23H23ClN4S/c24-16-7-5-10-18(15-16)27-14-6-12-20(27)22-21(19-11-3-4-13-25-19)26-23(29)28(22)17-8-1-2-9-17/h3-7,10-15,17,21-22H,1-2,8-9H2,(H,26,29). The van der Waals surface area contributed by atoms with Crippen LogP contribution in [0, 0.1) is 0 Å². The molecule has 1 N–H and O–H groups in total. The lowest BCUT2D eigenvalue weighted by atomic mass is 9.99. The first-order valence-electron chi connectivity index (χ1n) is 10.2. The molecule has 2 unspecified atom stereocenters. The minimum atomic E-state index is 0.0112. The molecule has 1 aliphatic carbocycles. The van der Waals surface area contributed by atoms with Crippen LogP contribution in [0.25, 0.3) is 5.69 Å². The molecular formula is C23H23ClN4S. The smallest absolute Gasteiger partial charge is 0.170 e. The molecular weight excluding hydrogens is 400 g/mol. The van der Waals surface area contributed by atoms with E-state index in [0.29, 0.717) is 6.04 Å². The van der Waals surface area contributed by atoms with Crippen molar-refractivity contribution in [1.82, 2.24) is 19.8 Å². The Bertz CT molecular complexity index is 1010. The third kappa shape index (κ3) is 3.43. The highest BCUT2D eigenvalue weighted by Crippen LogP contribution is 2.43. The molecule has 2 aromatic heterocycles. The molecule has 3 heterocycles. The first kappa shape index (κ1) is 18.6. The van der Waals surface area contributed by atoms with Gasteiger partial charge in [-0.15, -0.1) is 0 Å². The van der Waals surface area contributed by atoms with Gasteiger partial charge >= 0.3 is 0 Å². The molecule has 1 aliphatic heterocycles. The Hall–Kier alpha value is -2.37. The lowest BCUT2D eigenvalue weighted by molar-refractivity contribution is 0.239. The average molecular weight is 423 g/mol. The van der Waals surface area contributed by atoms with E-state index in [1.165, 1.54) is 31.4 Å². The SMILES string of the molecule is S=C1NC(c2ccccn2)C(c2cccn2-c2cccc(Cl)c2)N1C1CCCC1. The second-order valence-electron chi connectivity index (χ2n) is 7.76. The van der Waals surface area contributed by atoms with Crippen molar-refractivity contribution in [2.45, 2.75) is 43.8 Å². The molecule has 4 nitrogen and oxygen atoms in total. The van der Waals surface area contributed by atoms with E-state index >= 15 is 0 Å². The number of rotatable bonds is 4. The van der Waals surface area contributed by atoms with Crippen molar-refractivity contribution < 1.29 is 0 Å². The second-order valence-corrected chi connectivity index (χ2v) is 8.58. The van der Waals surface area contributed by atoms with Crippen molar-refractivity contribution >= 4 is 28.9 Å². The van der Waals surface area contributed by atoms with Crippen LogP contribution in [0.2, 0.25) is 5.02 Å². The highest BCUT2D eigenvalue weighted by molar-refractivity contribution is 7.80. The molecule has 29 heavy (non-hydrogen) atoms. The van der Waals surface area contributed by atoms with Gasteiger partial charge in [-0.3, -0.25) is 4.98 Å². The van der Waals surface area contributed by atoms with Gasteiger partial charge in [0.15, 0.2) is 5.11 Å². The summed E-state index contributed by atoms with van der Waals surface area (Å²) in [4.78, 5) is 7.08. The van der Waals surface area contributed by atoms with Gasteiger partial charge in [0.1, 0.15) is 0 Å². The van der Waals surface area contributed by atoms with Crippen LogP contribution >= 0.6 is 23.8 Å². The Labute approximate surface area is 181 Å². The van der Waals surface area contributed by atoms with E-state index < -0.39 is 0 Å². The van der Waals surface area contributed by atoms with Crippen LogP contribution in [0.4, 0.5) is 0 Å². The molecule has 0 amide bonds. The zero-order valence-electron chi connectivity index (χ0n) is 16.0. The number of nitrogens with one attached hydrogen (secondary N) is 1. The molecule has 1 saturated carbocycles. The van der Waals surface area contributed by atoms with Crippen molar-refractivity contribution in [3.8, 4) is 5.69 Å². The number of hydrogen-bond donors (Lipinski definition) is 1. The van der Waals surface area contributed by atoms with E-state index in [0.717, 1.165) is 21.5 Å². The molecule has 0 spiro atoms. The van der Waals surface area contributed by atoms with Crippen molar-refractivity contribution in [2.75, 3.05) is 0 Å². The number of thiocarbonyl (C=S) groups is 1. The fourth-order valence-electron chi connectivity index (χ4n) is 4.75. The molecule has 2 fully saturated rings. The predicted octanol–water partition coefficient (Wildman–Crippen LogP) is 5.44. The lowest BCUT2D eigenvalue weighted by Crippen LogP contribution is -2.38. The van der Waals surface area contributed by atoms with Gasteiger partial charge in [0.2, 0.25) is 0 Å². The van der Waals surface area contributed by atoms with Gasteiger partial charge < -0.3 is 14.8 Å². The molecule has 2 atom stereocenters. The normalized spacial score (nSPS) is 22.2. The minimum Gasteiger partial charge on any atom is -0.352 e. The Kier molecular flexibility index (Phi) is 5.02. The maximum absolute atomic E-state index is 6.29. The van der Waals surface area contributed by atoms with Crippen LogP contribution in [-0.2, 0) is 0 Å². The van der Waals surface area contributed by atoms with Crippen LogP contribution in [0.15, 0.2) is 67.0 Å². The highest BCUT2D eigenvalue weighted by atomic mass is 35.5.